The summed E-state index contributed by atoms with van der Waals surface area (Å²) in [4.78, 5) is 15.5. The molecule has 0 aliphatic carbocycles. The Labute approximate surface area is 313 Å². The topological polar surface area (TPSA) is 77.1 Å². The summed E-state index contributed by atoms with van der Waals surface area (Å²) in [5, 5.41) is 20.6. The molecule has 0 N–H and O–H groups in total. The first-order valence-electron chi connectivity index (χ1n) is 18.2. The van der Waals surface area contributed by atoms with Crippen LogP contribution in [0.15, 0.2) is 60.7 Å². The first-order chi connectivity index (χ1) is 25.4. The van der Waals surface area contributed by atoms with E-state index >= 15 is 0 Å². The maximum atomic E-state index is 14.0. The molecule has 54 heavy (non-hydrogen) atoms. The van der Waals surface area contributed by atoms with Crippen LogP contribution in [-0.4, -0.2) is 23.9 Å². The lowest BCUT2D eigenvalue weighted by atomic mass is 9.82. The molecular weight excluding hydrogens is 704 g/mol. The summed E-state index contributed by atoms with van der Waals surface area (Å²) in [5.74, 6) is 0.168. The number of nitriles is 2. The Morgan fingerprint density at radius 2 is 1.26 bits per heavy atom. The molecule has 0 aliphatic heterocycles. The van der Waals surface area contributed by atoms with Gasteiger partial charge < -0.3 is 9.64 Å². The lowest BCUT2D eigenvalue weighted by molar-refractivity contribution is -0.143. The third-order valence-electron chi connectivity index (χ3n) is 9.36. The van der Waals surface area contributed by atoms with Gasteiger partial charge in [-0.1, -0.05) is 79.2 Å². The molecule has 0 saturated carbocycles. The second kappa shape index (κ2) is 17.4. The zero-order chi connectivity index (χ0) is 39.8. The van der Waals surface area contributed by atoms with Gasteiger partial charge in [0.2, 0.25) is 0 Å². The fraction of sp³-hybridized carbons (Fsp3) is 0.419. The van der Waals surface area contributed by atoms with Gasteiger partial charge in [-0.3, -0.25) is 4.79 Å². The third kappa shape index (κ3) is 10.1. The van der Waals surface area contributed by atoms with Gasteiger partial charge in [-0.25, -0.2) is 0 Å². The number of nitrogens with zero attached hydrogens (tertiary/aromatic N) is 3. The molecule has 286 valence electrons. The van der Waals surface area contributed by atoms with Gasteiger partial charge in [0.15, 0.2) is 0 Å². The van der Waals surface area contributed by atoms with Crippen LogP contribution in [0.2, 0.25) is 0 Å². The Bertz CT molecular complexity index is 1990. The molecule has 0 fully saturated rings. The van der Waals surface area contributed by atoms with Crippen LogP contribution in [0.4, 0.5) is 26.3 Å². The van der Waals surface area contributed by atoms with Crippen LogP contribution in [-0.2, 0) is 17.8 Å². The lowest BCUT2D eigenvalue weighted by Crippen LogP contribution is -2.33. The molecule has 0 unspecified atom stereocenters. The van der Waals surface area contributed by atoms with Crippen molar-refractivity contribution in [2.24, 2.45) is 0 Å². The summed E-state index contributed by atoms with van der Waals surface area (Å²) in [6.45, 7) is 11.2. The van der Waals surface area contributed by atoms with E-state index < -0.39 is 40.0 Å². The van der Waals surface area contributed by atoms with Gasteiger partial charge in [0.1, 0.15) is 23.6 Å². The number of unbranched alkanes of at least 4 members (excludes halogenated alkanes) is 6. The molecule has 0 saturated heterocycles. The van der Waals surface area contributed by atoms with Crippen LogP contribution in [0.5, 0.6) is 11.5 Å². The Morgan fingerprint density at radius 3 is 1.72 bits per heavy atom. The number of carbonyl (C=O) groups excluding carboxylic acids is 1. The Balaban J connectivity index is 1.89. The fourth-order valence-electron chi connectivity index (χ4n) is 6.36. The van der Waals surface area contributed by atoms with E-state index in [1.54, 1.807) is 36.4 Å². The number of amides is 1. The normalized spacial score (nSPS) is 12.0. The number of hydrogen-bond acceptors (Lipinski definition) is 4. The molecule has 11 heteroatoms. The Hall–Kier alpha value is -5.03. The second-order valence-corrected chi connectivity index (χ2v) is 14.6. The third-order valence-corrected chi connectivity index (χ3v) is 9.36. The van der Waals surface area contributed by atoms with E-state index in [1.807, 2.05) is 37.8 Å². The molecule has 4 rings (SSSR count). The second-order valence-electron chi connectivity index (χ2n) is 14.6. The van der Waals surface area contributed by atoms with Gasteiger partial charge >= 0.3 is 12.4 Å². The van der Waals surface area contributed by atoms with Crippen molar-refractivity contribution in [2.75, 3.05) is 13.1 Å². The first-order valence-corrected chi connectivity index (χ1v) is 18.2. The molecule has 1 amide bonds. The van der Waals surface area contributed by atoms with Crippen molar-refractivity contribution in [2.45, 2.75) is 104 Å². The number of alkyl halides is 6. The van der Waals surface area contributed by atoms with Crippen molar-refractivity contribution < 1.29 is 35.9 Å². The van der Waals surface area contributed by atoms with Crippen molar-refractivity contribution in [1.82, 2.24) is 4.90 Å². The molecule has 5 nitrogen and oxygen atoms in total. The molecule has 0 aliphatic rings. The lowest BCUT2D eigenvalue weighted by Gasteiger charge is -2.24. The maximum absolute atomic E-state index is 14.0. The Morgan fingerprint density at radius 1 is 0.704 bits per heavy atom. The van der Waals surface area contributed by atoms with Gasteiger partial charge in [-0.15, -0.1) is 0 Å². The average molecular weight is 750 g/mol. The van der Waals surface area contributed by atoms with E-state index in [4.69, 9.17) is 4.74 Å². The summed E-state index contributed by atoms with van der Waals surface area (Å²) in [6, 6.07) is 15.9. The molecule has 4 aromatic carbocycles. The number of ether oxygens (including phenoxy) is 1. The van der Waals surface area contributed by atoms with Crippen LogP contribution >= 0.6 is 0 Å². The number of carbonyl (C=O) groups is 1. The standard InChI is InChI=1S/C43H45F6N3O2/c1-6-8-10-12-18-52(19-13-11-9-7-2)40(53)28-14-16-35(17-15-28)54-37-25-32(41(3,4)5)21-29-20-31(26-50)36(27-51)38(39(29)37)30-22-33(42(44,45)46)24-34(23-30)43(47,48)49/h14-17,20-25H,6-13,18-19H2,1-5H3. The molecule has 0 aromatic heterocycles. The molecule has 0 radical (unpaired) electrons. The smallest absolute Gasteiger partial charge is 0.416 e. The molecule has 0 bridgehead atoms. The van der Waals surface area contributed by atoms with Gasteiger partial charge in [0.25, 0.3) is 5.91 Å². The number of halogens is 6. The van der Waals surface area contributed by atoms with Crippen molar-refractivity contribution in [3.8, 4) is 34.8 Å². The summed E-state index contributed by atoms with van der Waals surface area (Å²) < 4.78 is 90.6. The van der Waals surface area contributed by atoms with Crippen LogP contribution in [0.3, 0.4) is 0 Å². The SMILES string of the molecule is CCCCCCN(CCCCCC)C(=O)c1ccc(Oc2cc(C(C)(C)C)cc3cc(C#N)c(C#N)c(-c4cc(C(F)(F)F)cc(C(F)(F)F)c4)c23)cc1. The average Bonchev–Trinajstić information content (AvgIpc) is 3.12. The first kappa shape index (κ1) is 41.7. The van der Waals surface area contributed by atoms with Crippen LogP contribution in [0, 0.1) is 22.7 Å². The maximum Gasteiger partial charge on any atom is 0.416 e. The predicted octanol–water partition coefficient (Wildman–Crippen LogP) is 13.0. The van der Waals surface area contributed by atoms with Crippen molar-refractivity contribution in [3.05, 3.63) is 94.0 Å². The zero-order valence-corrected chi connectivity index (χ0v) is 31.3. The predicted molar refractivity (Wildman–Crippen MR) is 198 cm³/mol. The summed E-state index contributed by atoms with van der Waals surface area (Å²) in [6.07, 6.45) is -2.15. The molecular formula is C43H45F6N3O2. The van der Waals surface area contributed by atoms with E-state index in [0.29, 0.717) is 36.3 Å². The molecule has 0 atom stereocenters. The number of rotatable bonds is 14. The largest absolute Gasteiger partial charge is 0.457 e. The van der Waals surface area contributed by atoms with Crippen molar-refractivity contribution >= 4 is 16.7 Å². The molecule has 0 spiro atoms. The Kier molecular flexibility index (Phi) is 13.5. The van der Waals surface area contributed by atoms with E-state index in [2.05, 4.69) is 13.8 Å². The summed E-state index contributed by atoms with van der Waals surface area (Å²) >= 11 is 0. The van der Waals surface area contributed by atoms with Crippen LogP contribution in [0.25, 0.3) is 21.9 Å². The van der Waals surface area contributed by atoms with Gasteiger partial charge in [-0.2, -0.15) is 36.9 Å². The van der Waals surface area contributed by atoms with E-state index in [9.17, 15) is 41.7 Å². The van der Waals surface area contributed by atoms with Gasteiger partial charge in [0.05, 0.1) is 22.3 Å². The summed E-state index contributed by atoms with van der Waals surface area (Å²) in [7, 11) is 0. The minimum Gasteiger partial charge on any atom is -0.457 e. The van der Waals surface area contributed by atoms with E-state index in [0.717, 1.165) is 51.4 Å². The van der Waals surface area contributed by atoms with Gasteiger partial charge in [-0.05, 0) is 89.4 Å². The highest BCUT2D eigenvalue weighted by atomic mass is 19.4. The number of benzene rings is 4. The number of hydrogen-bond donors (Lipinski definition) is 0. The minimum absolute atomic E-state index is 0.0153. The zero-order valence-electron chi connectivity index (χ0n) is 31.3. The van der Waals surface area contributed by atoms with Crippen LogP contribution < -0.4 is 4.74 Å². The number of fused-ring (bicyclic) bond motifs is 1. The fourth-order valence-corrected chi connectivity index (χ4v) is 6.36. The summed E-state index contributed by atoms with van der Waals surface area (Å²) in [5.41, 5.74) is -3.98. The van der Waals surface area contributed by atoms with Gasteiger partial charge in [0, 0.05) is 29.6 Å². The van der Waals surface area contributed by atoms with Crippen molar-refractivity contribution in [3.63, 3.8) is 0 Å². The highest BCUT2D eigenvalue weighted by Crippen LogP contribution is 2.46. The van der Waals surface area contributed by atoms with E-state index in [1.165, 1.54) is 6.07 Å². The highest BCUT2D eigenvalue weighted by molar-refractivity contribution is 6.05. The minimum atomic E-state index is -5.15. The quantitative estimate of drug-likeness (QED) is 0.0950. The molecule has 0 heterocycles. The monoisotopic (exact) mass is 749 g/mol. The highest BCUT2D eigenvalue weighted by Gasteiger charge is 2.38. The van der Waals surface area contributed by atoms with E-state index in [-0.39, 0.29) is 45.4 Å². The van der Waals surface area contributed by atoms with Crippen LogP contribution in [0.1, 0.15) is 124 Å². The van der Waals surface area contributed by atoms with Crippen molar-refractivity contribution in [1.29, 1.82) is 10.5 Å². The molecule has 4 aromatic rings.